The fourth-order valence-corrected chi connectivity index (χ4v) is 3.72. The van der Waals surface area contributed by atoms with Gasteiger partial charge in [0.2, 0.25) is 4.80 Å². The lowest BCUT2D eigenvalue weighted by atomic mass is 10.1. The van der Waals surface area contributed by atoms with Gasteiger partial charge in [-0.1, -0.05) is 72.3 Å². The second-order valence-electron chi connectivity index (χ2n) is 5.80. The van der Waals surface area contributed by atoms with Crippen LogP contribution in [0.1, 0.15) is 13.8 Å². The number of likely N-dealkylation sites (N-methyl/N-ethyl adjacent to an activating group) is 1. The zero-order chi connectivity index (χ0) is 18.4. The molecule has 6 heteroatoms. The molecule has 3 rings (SSSR count). The normalized spacial score (nSPS) is 12.1. The summed E-state index contributed by atoms with van der Waals surface area (Å²) in [5, 5.41) is 5.98. The number of halogens is 1. The lowest BCUT2D eigenvalue weighted by molar-refractivity contribution is 0.106. The van der Waals surface area contributed by atoms with E-state index in [1.165, 1.54) is 11.3 Å². The Morgan fingerprint density at radius 2 is 1.88 bits per heavy atom. The van der Waals surface area contributed by atoms with Crippen molar-refractivity contribution in [3.05, 3.63) is 58.4 Å². The van der Waals surface area contributed by atoms with Gasteiger partial charge in [-0.2, -0.15) is 0 Å². The minimum Gasteiger partial charge on any atom is -0.392 e. The molecule has 1 heterocycles. The molecule has 0 radical (unpaired) electrons. The van der Waals surface area contributed by atoms with Crippen molar-refractivity contribution < 1.29 is 4.84 Å². The molecule has 0 unspecified atom stereocenters. The van der Waals surface area contributed by atoms with Gasteiger partial charge in [0, 0.05) is 27.2 Å². The Morgan fingerprint density at radius 1 is 1.12 bits per heavy atom. The summed E-state index contributed by atoms with van der Waals surface area (Å²) in [6, 6.07) is 15.9. The predicted octanol–water partition coefficient (Wildman–Crippen LogP) is 4.79. The van der Waals surface area contributed by atoms with E-state index >= 15 is 0 Å². The van der Waals surface area contributed by atoms with Crippen LogP contribution in [-0.2, 0) is 4.84 Å². The van der Waals surface area contributed by atoms with Gasteiger partial charge >= 0.3 is 0 Å². The molecule has 26 heavy (non-hydrogen) atoms. The molecular weight excluding hydrogens is 366 g/mol. The highest BCUT2D eigenvalue weighted by Crippen LogP contribution is 2.29. The molecular formula is C20H22ClN3OS. The summed E-state index contributed by atoms with van der Waals surface area (Å²) in [5.74, 6) is 0. The second-order valence-corrected chi connectivity index (χ2v) is 7.25. The molecule has 4 nitrogen and oxygen atoms in total. The average Bonchev–Trinajstić information content (AvgIpc) is 2.68. The second kappa shape index (κ2) is 9.12. The first-order valence-corrected chi connectivity index (χ1v) is 9.95. The van der Waals surface area contributed by atoms with Crippen LogP contribution in [-0.4, -0.2) is 36.1 Å². The zero-order valence-corrected chi connectivity index (χ0v) is 16.6. The van der Waals surface area contributed by atoms with Gasteiger partial charge in [0.05, 0.1) is 5.69 Å². The Morgan fingerprint density at radius 3 is 2.62 bits per heavy atom. The minimum absolute atomic E-state index is 0.551. The van der Waals surface area contributed by atoms with Crippen molar-refractivity contribution in [3.63, 3.8) is 0 Å². The maximum Gasteiger partial charge on any atom is 0.248 e. The van der Waals surface area contributed by atoms with Gasteiger partial charge in [-0.05, 0) is 31.3 Å². The summed E-state index contributed by atoms with van der Waals surface area (Å²) in [5.41, 5.74) is 1.90. The number of rotatable bonds is 7. The molecule has 1 aromatic heterocycles. The van der Waals surface area contributed by atoms with Crippen LogP contribution in [0.2, 0.25) is 5.02 Å². The quantitative estimate of drug-likeness (QED) is 0.432. The van der Waals surface area contributed by atoms with Crippen molar-refractivity contribution in [2.24, 2.45) is 5.16 Å². The van der Waals surface area contributed by atoms with Gasteiger partial charge in [0.25, 0.3) is 0 Å². The number of benzene rings is 2. The molecule has 0 saturated heterocycles. The lowest BCUT2D eigenvalue weighted by Gasteiger charge is -2.16. The van der Waals surface area contributed by atoms with E-state index in [0.717, 1.165) is 41.0 Å². The summed E-state index contributed by atoms with van der Waals surface area (Å²) in [6.45, 7) is 7.71. The first-order valence-electron chi connectivity index (χ1n) is 8.75. The van der Waals surface area contributed by atoms with Gasteiger partial charge < -0.3 is 9.74 Å². The van der Waals surface area contributed by atoms with Crippen molar-refractivity contribution in [1.82, 2.24) is 9.88 Å². The van der Waals surface area contributed by atoms with Crippen LogP contribution < -0.4 is 4.80 Å². The Kier molecular flexibility index (Phi) is 6.61. The third kappa shape index (κ3) is 4.61. The van der Waals surface area contributed by atoms with Crippen molar-refractivity contribution in [2.45, 2.75) is 13.8 Å². The lowest BCUT2D eigenvalue weighted by Crippen LogP contribution is -2.26. The SMILES string of the molecule is CCN(CC)CCO/N=c1\nc(-c2ccccc2)c2cc(Cl)ccc2s1. The highest BCUT2D eigenvalue weighted by atomic mass is 35.5. The summed E-state index contributed by atoms with van der Waals surface area (Å²) in [4.78, 5) is 13.2. The van der Waals surface area contributed by atoms with Crippen LogP contribution in [0.4, 0.5) is 0 Å². The number of hydrogen-bond acceptors (Lipinski definition) is 5. The van der Waals surface area contributed by atoms with Gasteiger partial charge in [0.1, 0.15) is 6.61 Å². The zero-order valence-electron chi connectivity index (χ0n) is 15.0. The molecule has 2 aromatic carbocycles. The van der Waals surface area contributed by atoms with Crippen LogP contribution in [0, 0.1) is 0 Å². The van der Waals surface area contributed by atoms with Crippen molar-refractivity contribution in [3.8, 4) is 11.3 Å². The topological polar surface area (TPSA) is 37.7 Å². The van der Waals surface area contributed by atoms with Crippen LogP contribution in [0.5, 0.6) is 0 Å². The molecule has 0 bridgehead atoms. The van der Waals surface area contributed by atoms with Crippen LogP contribution in [0.15, 0.2) is 53.7 Å². The van der Waals surface area contributed by atoms with Gasteiger partial charge in [0.15, 0.2) is 0 Å². The molecule has 0 amide bonds. The Hall–Kier alpha value is -1.95. The summed E-state index contributed by atoms with van der Waals surface area (Å²) in [6.07, 6.45) is 0. The molecule has 0 saturated carbocycles. The number of fused-ring (bicyclic) bond motifs is 1. The van der Waals surface area contributed by atoms with Gasteiger partial charge in [-0.3, -0.25) is 0 Å². The molecule has 0 fully saturated rings. The third-order valence-corrected chi connectivity index (χ3v) is 5.35. The molecule has 0 spiro atoms. The van der Waals surface area contributed by atoms with Crippen molar-refractivity contribution in [1.29, 1.82) is 0 Å². The number of aromatic nitrogens is 1. The fourth-order valence-electron chi connectivity index (χ4n) is 2.72. The number of hydrogen-bond donors (Lipinski definition) is 0. The molecule has 0 N–H and O–H groups in total. The number of nitrogens with zero attached hydrogens (tertiary/aromatic N) is 3. The van der Waals surface area contributed by atoms with Crippen molar-refractivity contribution in [2.75, 3.05) is 26.2 Å². The smallest absolute Gasteiger partial charge is 0.248 e. The Bertz CT molecular complexity index is 923. The van der Waals surface area contributed by atoms with Crippen LogP contribution in [0.25, 0.3) is 21.3 Å². The van der Waals surface area contributed by atoms with E-state index < -0.39 is 0 Å². The molecule has 0 aliphatic carbocycles. The minimum atomic E-state index is 0.551. The summed E-state index contributed by atoms with van der Waals surface area (Å²) in [7, 11) is 0. The molecule has 136 valence electrons. The molecule has 0 atom stereocenters. The fraction of sp³-hybridized carbons (Fsp3) is 0.300. The van der Waals surface area contributed by atoms with E-state index in [-0.39, 0.29) is 0 Å². The van der Waals surface area contributed by atoms with Crippen LogP contribution in [0.3, 0.4) is 0 Å². The van der Waals surface area contributed by atoms with Crippen molar-refractivity contribution >= 4 is 33.0 Å². The standard InChI is InChI=1S/C20H22ClN3OS/c1-3-24(4-2)12-13-25-23-20-22-19(15-8-6-5-7-9-15)17-14-16(21)10-11-18(17)26-20/h5-11,14H,3-4,12-13H2,1-2H3/b23-20+. The van der Waals surface area contributed by atoms with Crippen LogP contribution >= 0.6 is 22.9 Å². The average molecular weight is 388 g/mol. The van der Waals surface area contributed by atoms with E-state index in [9.17, 15) is 0 Å². The first-order chi connectivity index (χ1) is 12.7. The summed E-state index contributed by atoms with van der Waals surface area (Å²) >= 11 is 7.70. The maximum atomic E-state index is 6.20. The van der Waals surface area contributed by atoms with E-state index in [1.54, 1.807) is 0 Å². The highest BCUT2D eigenvalue weighted by Gasteiger charge is 2.08. The molecule has 0 aliphatic rings. The third-order valence-electron chi connectivity index (χ3n) is 4.19. The molecule has 3 aromatic rings. The van der Waals surface area contributed by atoms with E-state index in [4.69, 9.17) is 21.4 Å². The highest BCUT2D eigenvalue weighted by molar-refractivity contribution is 7.16. The predicted molar refractivity (Wildman–Crippen MR) is 109 cm³/mol. The van der Waals surface area contributed by atoms with E-state index in [1.807, 2.05) is 48.5 Å². The van der Waals surface area contributed by atoms with E-state index in [0.29, 0.717) is 16.4 Å². The van der Waals surface area contributed by atoms with Gasteiger partial charge in [-0.25, -0.2) is 4.98 Å². The Labute approximate surface area is 162 Å². The monoisotopic (exact) mass is 387 g/mol. The van der Waals surface area contributed by atoms with Gasteiger partial charge in [-0.15, -0.1) is 0 Å². The first kappa shape index (κ1) is 18.8. The Balaban J connectivity index is 1.94. The molecule has 0 aliphatic heterocycles. The largest absolute Gasteiger partial charge is 0.392 e. The maximum absolute atomic E-state index is 6.20. The summed E-state index contributed by atoms with van der Waals surface area (Å²) < 4.78 is 1.08. The van der Waals surface area contributed by atoms with E-state index in [2.05, 4.69) is 23.9 Å².